The second kappa shape index (κ2) is 17.8. The molecule has 8 nitrogen and oxygen atoms in total. The van der Waals surface area contributed by atoms with Crippen LogP contribution < -0.4 is 15.5 Å². The SMILES string of the molecule is CCN(CC)CCN(C)Cc1cccc(C(=O)Nc2ccc(OCCCCF)cc2C(=O)NN=Cc2ccc(C)cc2)c1. The van der Waals surface area contributed by atoms with E-state index < -0.39 is 12.6 Å². The number of rotatable bonds is 17. The van der Waals surface area contributed by atoms with E-state index in [2.05, 4.69) is 46.5 Å². The minimum absolute atomic E-state index is 0.199. The molecule has 0 saturated heterocycles. The molecule has 3 aromatic rings. The van der Waals surface area contributed by atoms with Crippen LogP contribution in [0, 0.1) is 6.92 Å². The van der Waals surface area contributed by atoms with Crippen molar-refractivity contribution in [3.8, 4) is 5.75 Å². The molecule has 0 heterocycles. The van der Waals surface area contributed by atoms with E-state index in [9.17, 15) is 14.0 Å². The number of aryl methyl sites for hydroxylation is 1. The number of unbranched alkanes of at least 4 members (excludes halogenated alkanes) is 1. The average molecular weight is 590 g/mol. The molecule has 0 aliphatic heterocycles. The van der Waals surface area contributed by atoms with Crippen LogP contribution in [0.2, 0.25) is 0 Å². The fraction of sp³-hybridized carbons (Fsp3) is 0.382. The Morgan fingerprint density at radius 2 is 1.72 bits per heavy atom. The zero-order chi connectivity index (χ0) is 31.0. The number of amides is 2. The Kier molecular flexibility index (Phi) is 13.8. The van der Waals surface area contributed by atoms with Gasteiger partial charge in [-0.15, -0.1) is 0 Å². The first kappa shape index (κ1) is 33.4. The van der Waals surface area contributed by atoms with Crippen molar-refractivity contribution in [2.45, 2.75) is 40.2 Å². The quantitative estimate of drug-likeness (QED) is 0.116. The number of benzene rings is 3. The molecule has 0 aromatic heterocycles. The number of carbonyl (C=O) groups excluding carboxylic acids is 2. The first-order chi connectivity index (χ1) is 20.8. The third kappa shape index (κ3) is 11.3. The van der Waals surface area contributed by atoms with Crippen LogP contribution in [0.1, 0.15) is 64.1 Å². The molecule has 0 fully saturated rings. The van der Waals surface area contributed by atoms with E-state index in [1.165, 1.54) is 0 Å². The fourth-order valence-corrected chi connectivity index (χ4v) is 4.42. The number of ether oxygens (including phenoxy) is 1. The topological polar surface area (TPSA) is 86.3 Å². The van der Waals surface area contributed by atoms with E-state index in [-0.39, 0.29) is 11.5 Å². The Morgan fingerprint density at radius 3 is 2.44 bits per heavy atom. The number of likely N-dealkylation sites (N-methyl/N-ethyl adjacent to an activating group) is 2. The van der Waals surface area contributed by atoms with Crippen LogP contribution in [0.5, 0.6) is 5.75 Å². The maximum atomic E-state index is 13.3. The van der Waals surface area contributed by atoms with Crippen molar-refractivity contribution in [1.82, 2.24) is 15.2 Å². The molecule has 0 atom stereocenters. The van der Waals surface area contributed by atoms with E-state index in [0.717, 1.165) is 42.9 Å². The maximum Gasteiger partial charge on any atom is 0.273 e. The molecule has 0 spiro atoms. The summed E-state index contributed by atoms with van der Waals surface area (Å²) in [6.45, 7) is 10.9. The van der Waals surface area contributed by atoms with E-state index in [1.807, 2.05) is 49.4 Å². The number of carbonyl (C=O) groups is 2. The lowest BCUT2D eigenvalue weighted by molar-refractivity contribution is 0.0955. The van der Waals surface area contributed by atoms with Crippen molar-refractivity contribution >= 4 is 23.7 Å². The van der Waals surface area contributed by atoms with Crippen molar-refractivity contribution < 1.29 is 18.7 Å². The Balaban J connectivity index is 1.73. The molecule has 0 saturated carbocycles. The lowest BCUT2D eigenvalue weighted by Crippen LogP contribution is -2.32. The van der Waals surface area contributed by atoms with Gasteiger partial charge in [-0.1, -0.05) is 55.8 Å². The van der Waals surface area contributed by atoms with Gasteiger partial charge in [-0.05, 0) is 81.4 Å². The number of hydrogen-bond acceptors (Lipinski definition) is 6. The van der Waals surface area contributed by atoms with Gasteiger partial charge in [0.05, 0.1) is 30.7 Å². The Hall–Kier alpha value is -4.08. The van der Waals surface area contributed by atoms with E-state index in [0.29, 0.717) is 43.0 Å². The molecule has 2 N–H and O–H groups in total. The summed E-state index contributed by atoms with van der Waals surface area (Å²) in [4.78, 5) is 31.1. The summed E-state index contributed by atoms with van der Waals surface area (Å²) in [6.07, 6.45) is 2.51. The summed E-state index contributed by atoms with van der Waals surface area (Å²) in [7, 11) is 2.07. The van der Waals surface area contributed by atoms with Crippen LogP contribution in [-0.2, 0) is 6.54 Å². The third-order valence-electron chi connectivity index (χ3n) is 7.07. The largest absolute Gasteiger partial charge is 0.494 e. The smallest absolute Gasteiger partial charge is 0.273 e. The number of nitrogens with one attached hydrogen (secondary N) is 2. The van der Waals surface area contributed by atoms with Crippen LogP contribution in [0.25, 0.3) is 0 Å². The maximum absolute atomic E-state index is 13.3. The van der Waals surface area contributed by atoms with Crippen LogP contribution >= 0.6 is 0 Å². The third-order valence-corrected chi connectivity index (χ3v) is 7.07. The van der Waals surface area contributed by atoms with Gasteiger partial charge in [-0.25, -0.2) is 5.43 Å². The standard InChI is InChI=1S/C34H44FN5O3/c1-5-40(6-2)20-19-39(4)25-28-10-9-11-29(22-28)33(41)37-32-17-16-30(43-21-8-7-18-35)23-31(32)34(42)38-36-24-27-14-12-26(3)13-15-27/h9-17,22-24H,5-8,18-21,25H2,1-4H3,(H,37,41)(H,38,42). The summed E-state index contributed by atoms with van der Waals surface area (Å²) >= 11 is 0. The number of alkyl halides is 1. The number of nitrogens with zero attached hydrogens (tertiary/aromatic N) is 3. The number of hydrogen-bond donors (Lipinski definition) is 2. The minimum Gasteiger partial charge on any atom is -0.494 e. The molecule has 43 heavy (non-hydrogen) atoms. The summed E-state index contributed by atoms with van der Waals surface area (Å²) in [5, 5.41) is 6.98. The van der Waals surface area contributed by atoms with Crippen LogP contribution in [0.15, 0.2) is 71.8 Å². The minimum atomic E-state index is -0.503. The second-order valence-corrected chi connectivity index (χ2v) is 10.5. The normalized spacial score (nSPS) is 11.3. The number of hydrazone groups is 1. The van der Waals surface area contributed by atoms with Crippen molar-refractivity contribution in [3.63, 3.8) is 0 Å². The van der Waals surface area contributed by atoms with E-state index >= 15 is 0 Å². The first-order valence-corrected chi connectivity index (χ1v) is 14.9. The highest BCUT2D eigenvalue weighted by molar-refractivity contribution is 6.09. The van der Waals surface area contributed by atoms with Gasteiger partial charge >= 0.3 is 0 Å². The number of halogens is 1. The van der Waals surface area contributed by atoms with Crippen molar-refractivity contribution in [2.24, 2.45) is 5.10 Å². The Bertz CT molecular complexity index is 1340. The molecule has 3 rings (SSSR count). The molecule has 9 heteroatoms. The van der Waals surface area contributed by atoms with Gasteiger partial charge < -0.3 is 19.9 Å². The molecule has 2 amide bonds. The Morgan fingerprint density at radius 1 is 0.953 bits per heavy atom. The lowest BCUT2D eigenvalue weighted by atomic mass is 10.1. The van der Waals surface area contributed by atoms with Crippen LogP contribution in [-0.4, -0.2) is 74.3 Å². The predicted octanol–water partition coefficient (Wildman–Crippen LogP) is 5.91. The summed E-state index contributed by atoms with van der Waals surface area (Å²) < 4.78 is 18.2. The molecule has 3 aromatic carbocycles. The molecule has 0 aliphatic carbocycles. The summed E-state index contributed by atoms with van der Waals surface area (Å²) in [5.41, 5.74) is 6.54. The van der Waals surface area contributed by atoms with Crippen molar-refractivity contribution in [2.75, 3.05) is 51.8 Å². The molecule has 0 aliphatic rings. The van der Waals surface area contributed by atoms with Crippen LogP contribution in [0.4, 0.5) is 10.1 Å². The highest BCUT2D eigenvalue weighted by Crippen LogP contribution is 2.24. The van der Waals surface area contributed by atoms with Gasteiger partial charge in [0.2, 0.25) is 0 Å². The monoisotopic (exact) mass is 589 g/mol. The average Bonchev–Trinajstić information content (AvgIpc) is 3.01. The van der Waals surface area contributed by atoms with Gasteiger partial charge in [0, 0.05) is 25.2 Å². The zero-order valence-corrected chi connectivity index (χ0v) is 25.7. The zero-order valence-electron chi connectivity index (χ0n) is 25.7. The molecule has 0 radical (unpaired) electrons. The molecule has 0 bridgehead atoms. The van der Waals surface area contributed by atoms with E-state index in [4.69, 9.17) is 4.74 Å². The first-order valence-electron chi connectivity index (χ1n) is 14.9. The molecular formula is C34H44FN5O3. The van der Waals surface area contributed by atoms with Crippen LogP contribution in [0.3, 0.4) is 0 Å². The lowest BCUT2D eigenvalue weighted by Gasteiger charge is -2.23. The number of anilines is 1. The summed E-state index contributed by atoms with van der Waals surface area (Å²) in [6, 6.07) is 20.1. The fourth-order valence-electron chi connectivity index (χ4n) is 4.42. The second-order valence-electron chi connectivity index (χ2n) is 10.5. The van der Waals surface area contributed by atoms with Gasteiger partial charge in [0.1, 0.15) is 5.75 Å². The highest BCUT2D eigenvalue weighted by atomic mass is 19.1. The summed E-state index contributed by atoms with van der Waals surface area (Å²) in [5.74, 6) is -0.391. The van der Waals surface area contributed by atoms with Crippen molar-refractivity contribution in [1.29, 1.82) is 0 Å². The predicted molar refractivity (Wildman–Crippen MR) is 172 cm³/mol. The van der Waals surface area contributed by atoms with Gasteiger partial charge in [0.15, 0.2) is 0 Å². The van der Waals surface area contributed by atoms with Crippen molar-refractivity contribution in [3.05, 3.63) is 94.5 Å². The molecule has 230 valence electrons. The Labute approximate surface area is 254 Å². The van der Waals surface area contributed by atoms with E-state index in [1.54, 1.807) is 30.5 Å². The molecular weight excluding hydrogens is 545 g/mol. The highest BCUT2D eigenvalue weighted by Gasteiger charge is 2.17. The molecule has 0 unspecified atom stereocenters. The van der Waals surface area contributed by atoms with Gasteiger partial charge in [-0.2, -0.15) is 5.10 Å². The van der Waals surface area contributed by atoms with Gasteiger partial charge in [0.25, 0.3) is 11.8 Å². The van der Waals surface area contributed by atoms with Gasteiger partial charge in [-0.3, -0.25) is 14.0 Å².